The third-order valence-electron chi connectivity index (χ3n) is 2.86. The van der Waals surface area contributed by atoms with Crippen LogP contribution in [0.5, 0.6) is 0 Å². The molecule has 19 heavy (non-hydrogen) atoms. The maximum absolute atomic E-state index is 6.13. The zero-order valence-electron chi connectivity index (χ0n) is 13.1. The number of aromatic nitrogens is 2. The van der Waals surface area contributed by atoms with Crippen molar-refractivity contribution in [2.75, 3.05) is 11.9 Å². The molecule has 1 aromatic rings. The van der Waals surface area contributed by atoms with Gasteiger partial charge in [0.25, 0.3) is 0 Å². The van der Waals surface area contributed by atoms with Crippen molar-refractivity contribution >= 4 is 5.95 Å². The quantitative estimate of drug-likeness (QED) is 0.858. The van der Waals surface area contributed by atoms with Crippen LogP contribution in [0, 0.1) is 12.3 Å². The summed E-state index contributed by atoms with van der Waals surface area (Å²) in [5.41, 5.74) is 8.43. The molecule has 0 aliphatic carbocycles. The minimum atomic E-state index is 0.117. The normalized spacial score (nSPS) is 13.7. The predicted octanol–water partition coefficient (Wildman–Crippen LogP) is 3.08. The Labute approximate surface area is 117 Å². The highest BCUT2D eigenvalue weighted by Gasteiger charge is 2.16. The van der Waals surface area contributed by atoms with Crippen LogP contribution in [0.15, 0.2) is 6.07 Å². The molecule has 0 aliphatic heterocycles. The lowest BCUT2D eigenvalue weighted by molar-refractivity contribution is 0.344. The summed E-state index contributed by atoms with van der Waals surface area (Å²) >= 11 is 0. The molecule has 0 spiro atoms. The van der Waals surface area contributed by atoms with Crippen LogP contribution in [0.2, 0.25) is 0 Å². The first-order valence-electron chi connectivity index (χ1n) is 7.02. The predicted molar refractivity (Wildman–Crippen MR) is 81.4 cm³/mol. The Bertz CT molecular complexity index is 407. The number of rotatable bonds is 5. The van der Waals surface area contributed by atoms with Crippen LogP contribution in [0.25, 0.3) is 0 Å². The largest absolute Gasteiger partial charge is 0.353 e. The highest BCUT2D eigenvalue weighted by molar-refractivity contribution is 5.29. The molecule has 0 aromatic carbocycles. The smallest absolute Gasteiger partial charge is 0.223 e. The molecule has 1 heterocycles. The highest BCUT2D eigenvalue weighted by Crippen LogP contribution is 2.20. The fourth-order valence-corrected chi connectivity index (χ4v) is 2.05. The van der Waals surface area contributed by atoms with E-state index in [0.29, 0.717) is 18.4 Å². The fourth-order valence-electron chi connectivity index (χ4n) is 2.05. The van der Waals surface area contributed by atoms with Gasteiger partial charge in [0.1, 0.15) is 0 Å². The van der Waals surface area contributed by atoms with E-state index in [4.69, 9.17) is 5.73 Å². The minimum Gasteiger partial charge on any atom is -0.353 e. The summed E-state index contributed by atoms with van der Waals surface area (Å²) in [5.74, 6) is 1.10. The van der Waals surface area contributed by atoms with Gasteiger partial charge in [-0.05, 0) is 30.7 Å². The van der Waals surface area contributed by atoms with Crippen molar-refractivity contribution in [3.8, 4) is 0 Å². The highest BCUT2D eigenvalue weighted by atomic mass is 15.1. The molecule has 1 atom stereocenters. The van der Waals surface area contributed by atoms with E-state index in [1.807, 2.05) is 13.0 Å². The van der Waals surface area contributed by atoms with Crippen molar-refractivity contribution in [2.45, 2.75) is 59.9 Å². The second kappa shape index (κ2) is 6.33. The fraction of sp³-hybridized carbons (Fsp3) is 0.733. The van der Waals surface area contributed by atoms with Crippen molar-refractivity contribution in [1.82, 2.24) is 9.97 Å². The van der Waals surface area contributed by atoms with Crippen LogP contribution in [0.3, 0.4) is 0 Å². The van der Waals surface area contributed by atoms with Gasteiger partial charge in [-0.25, -0.2) is 9.97 Å². The molecule has 0 fully saturated rings. The topological polar surface area (TPSA) is 63.8 Å². The van der Waals surface area contributed by atoms with Crippen LogP contribution in [0.1, 0.15) is 58.3 Å². The number of anilines is 1. The van der Waals surface area contributed by atoms with Crippen molar-refractivity contribution in [3.63, 3.8) is 0 Å². The SMILES string of the molecule is Cc1cc(C(C)C)nc(NCC(N)CC(C)(C)C)n1. The molecule has 4 nitrogen and oxygen atoms in total. The standard InChI is InChI=1S/C15H28N4/c1-10(2)13-7-11(3)18-14(19-13)17-9-12(16)8-15(4,5)6/h7,10,12H,8-9,16H2,1-6H3,(H,17,18,19). The average molecular weight is 264 g/mol. The molecule has 4 heteroatoms. The Morgan fingerprint density at radius 3 is 2.42 bits per heavy atom. The van der Waals surface area contributed by atoms with Gasteiger partial charge in [-0.15, -0.1) is 0 Å². The van der Waals surface area contributed by atoms with Crippen molar-refractivity contribution in [3.05, 3.63) is 17.5 Å². The third-order valence-corrected chi connectivity index (χ3v) is 2.86. The number of hydrogen-bond donors (Lipinski definition) is 2. The maximum atomic E-state index is 6.13. The van der Waals surface area contributed by atoms with Gasteiger partial charge in [-0.2, -0.15) is 0 Å². The monoisotopic (exact) mass is 264 g/mol. The van der Waals surface area contributed by atoms with E-state index >= 15 is 0 Å². The van der Waals surface area contributed by atoms with Gasteiger partial charge in [-0.3, -0.25) is 0 Å². The van der Waals surface area contributed by atoms with Gasteiger partial charge in [0.15, 0.2) is 0 Å². The minimum absolute atomic E-state index is 0.117. The molecule has 3 N–H and O–H groups in total. The molecule has 108 valence electrons. The van der Waals surface area contributed by atoms with Crippen molar-refractivity contribution < 1.29 is 0 Å². The van der Waals surface area contributed by atoms with E-state index in [1.54, 1.807) is 0 Å². The molecule has 0 saturated heterocycles. The summed E-state index contributed by atoms with van der Waals surface area (Å²) in [6.45, 7) is 13.6. The van der Waals surface area contributed by atoms with Crippen molar-refractivity contribution in [1.29, 1.82) is 0 Å². The van der Waals surface area contributed by atoms with E-state index in [2.05, 4.69) is 49.9 Å². The number of aryl methyl sites for hydroxylation is 1. The van der Waals surface area contributed by atoms with Gasteiger partial charge in [-0.1, -0.05) is 34.6 Å². The van der Waals surface area contributed by atoms with E-state index < -0.39 is 0 Å². The molecule has 0 aliphatic rings. The second-order valence-corrected chi connectivity index (χ2v) is 6.82. The molecular formula is C15H28N4. The second-order valence-electron chi connectivity index (χ2n) is 6.82. The molecule has 1 aromatic heterocycles. The number of nitrogens with one attached hydrogen (secondary N) is 1. The first-order chi connectivity index (χ1) is 8.67. The van der Waals surface area contributed by atoms with Crippen LogP contribution >= 0.6 is 0 Å². The third kappa shape index (κ3) is 6.01. The molecule has 0 amide bonds. The van der Waals surface area contributed by atoms with Crippen LogP contribution in [-0.4, -0.2) is 22.6 Å². The average Bonchev–Trinajstić information content (AvgIpc) is 2.23. The number of nitrogens with zero attached hydrogens (tertiary/aromatic N) is 2. The Balaban J connectivity index is 2.62. The lowest BCUT2D eigenvalue weighted by atomic mass is 9.88. The summed E-state index contributed by atoms with van der Waals surface area (Å²) in [5, 5.41) is 3.26. The van der Waals surface area contributed by atoms with Crippen LogP contribution in [0.4, 0.5) is 5.95 Å². The van der Waals surface area contributed by atoms with Gasteiger partial charge >= 0.3 is 0 Å². The van der Waals surface area contributed by atoms with Crippen LogP contribution < -0.4 is 11.1 Å². The summed E-state index contributed by atoms with van der Waals surface area (Å²) in [6, 6.07) is 2.15. The van der Waals surface area contributed by atoms with Gasteiger partial charge in [0, 0.05) is 24.0 Å². The van der Waals surface area contributed by atoms with Crippen LogP contribution in [-0.2, 0) is 0 Å². The Morgan fingerprint density at radius 2 is 1.89 bits per heavy atom. The lowest BCUT2D eigenvalue weighted by Gasteiger charge is -2.23. The zero-order valence-corrected chi connectivity index (χ0v) is 13.1. The van der Waals surface area contributed by atoms with Gasteiger partial charge in [0.2, 0.25) is 5.95 Å². The summed E-state index contributed by atoms with van der Waals surface area (Å²) in [7, 11) is 0. The summed E-state index contributed by atoms with van der Waals surface area (Å²) in [6.07, 6.45) is 0.975. The first-order valence-corrected chi connectivity index (χ1v) is 7.02. The lowest BCUT2D eigenvalue weighted by Crippen LogP contribution is -2.33. The van der Waals surface area contributed by atoms with E-state index in [-0.39, 0.29) is 11.5 Å². The molecule has 1 rings (SSSR count). The Hall–Kier alpha value is -1.16. The van der Waals surface area contributed by atoms with Gasteiger partial charge < -0.3 is 11.1 Å². The molecule has 0 saturated carbocycles. The van der Waals surface area contributed by atoms with E-state index in [1.165, 1.54) is 0 Å². The molecule has 0 radical (unpaired) electrons. The Morgan fingerprint density at radius 1 is 1.26 bits per heavy atom. The molecular weight excluding hydrogens is 236 g/mol. The van der Waals surface area contributed by atoms with Gasteiger partial charge in [0.05, 0.1) is 0 Å². The van der Waals surface area contributed by atoms with E-state index in [9.17, 15) is 0 Å². The zero-order chi connectivity index (χ0) is 14.6. The number of nitrogens with two attached hydrogens (primary N) is 1. The van der Waals surface area contributed by atoms with Crippen molar-refractivity contribution in [2.24, 2.45) is 11.1 Å². The number of hydrogen-bond acceptors (Lipinski definition) is 4. The first kappa shape index (κ1) is 15.9. The summed E-state index contributed by atoms with van der Waals surface area (Å²) in [4.78, 5) is 8.93. The maximum Gasteiger partial charge on any atom is 0.223 e. The summed E-state index contributed by atoms with van der Waals surface area (Å²) < 4.78 is 0. The molecule has 1 unspecified atom stereocenters. The Kier molecular flexibility index (Phi) is 5.29. The molecule has 0 bridgehead atoms. The van der Waals surface area contributed by atoms with E-state index in [0.717, 1.165) is 17.8 Å².